The predicted molar refractivity (Wildman–Crippen MR) is 234 cm³/mol. The topological polar surface area (TPSA) is 104 Å². The highest BCUT2D eigenvalue weighted by Gasteiger charge is 2.21. The third-order valence-electron chi connectivity index (χ3n) is 10.6. The minimum atomic E-state index is 0.523. The molecule has 0 unspecified atom stereocenters. The summed E-state index contributed by atoms with van der Waals surface area (Å²) in [6.45, 7) is 0. The van der Waals surface area contributed by atoms with Crippen molar-refractivity contribution in [3.8, 4) is 85.5 Å². The minimum Gasteiger partial charge on any atom is -0.308 e. The van der Waals surface area contributed by atoms with Crippen LogP contribution in [0, 0.1) is 22.7 Å². The van der Waals surface area contributed by atoms with Gasteiger partial charge in [0.2, 0.25) is 0 Å². The first-order valence-electron chi connectivity index (χ1n) is 19.2. The largest absolute Gasteiger partial charge is 0.308 e. The Morgan fingerprint density at radius 2 is 0.881 bits per heavy atom. The van der Waals surface area contributed by atoms with Gasteiger partial charge in [0.1, 0.15) is 0 Å². The molecule has 0 aliphatic heterocycles. The number of pyridine rings is 1. The molecule has 7 aromatic carbocycles. The lowest BCUT2D eigenvalue weighted by molar-refractivity contribution is 1.06. The lowest BCUT2D eigenvalue weighted by Crippen LogP contribution is -2.04. The molecule has 0 bridgehead atoms. The molecular weight excluding hydrogens is 723 g/mol. The van der Waals surface area contributed by atoms with E-state index in [0.29, 0.717) is 28.6 Å². The van der Waals surface area contributed by atoms with Crippen LogP contribution in [-0.4, -0.2) is 24.5 Å². The van der Waals surface area contributed by atoms with Crippen LogP contribution in [0.2, 0.25) is 0 Å². The monoisotopic (exact) mass is 753 g/mol. The zero-order valence-corrected chi connectivity index (χ0v) is 31.5. The Morgan fingerprint density at radius 1 is 0.390 bits per heavy atom. The van der Waals surface area contributed by atoms with E-state index in [2.05, 4.69) is 71.3 Å². The van der Waals surface area contributed by atoms with E-state index < -0.39 is 0 Å². The molecule has 10 rings (SSSR count). The number of rotatable bonds is 7. The molecule has 10 aromatic rings. The van der Waals surface area contributed by atoms with Gasteiger partial charge in [0.15, 0.2) is 17.5 Å². The summed E-state index contributed by atoms with van der Waals surface area (Å²) >= 11 is 0. The Hall–Kier alpha value is -8.52. The number of fused-ring (bicyclic) bond motifs is 3. The van der Waals surface area contributed by atoms with Crippen molar-refractivity contribution in [2.75, 3.05) is 0 Å². The first-order valence-corrected chi connectivity index (χ1v) is 19.2. The van der Waals surface area contributed by atoms with Gasteiger partial charge >= 0.3 is 0 Å². The average molecular weight is 754 g/mol. The standard InChI is InChI=1S/C52H31N7/c53-32-34-11-9-17-38(27-34)40-20-23-47-43(29-40)44-30-41(39-18-10-12-35(28-39)33-54)21-24-48(44)59(47)49-25-22-42(46-19-7-8-26-55-46)31-45(49)52-57-50(36-13-3-1-4-14-36)56-51(58-52)37-15-5-2-6-16-37/h1-31H. The second-order valence-electron chi connectivity index (χ2n) is 14.2. The van der Waals surface area contributed by atoms with Crippen molar-refractivity contribution in [1.29, 1.82) is 10.5 Å². The van der Waals surface area contributed by atoms with Gasteiger partial charge in [-0.15, -0.1) is 0 Å². The van der Waals surface area contributed by atoms with E-state index in [0.717, 1.165) is 77.7 Å². The van der Waals surface area contributed by atoms with Crippen molar-refractivity contribution in [1.82, 2.24) is 24.5 Å². The third kappa shape index (κ3) is 6.55. The summed E-state index contributed by atoms with van der Waals surface area (Å²) in [5.41, 5.74) is 12.3. The fourth-order valence-corrected chi connectivity index (χ4v) is 7.71. The van der Waals surface area contributed by atoms with Gasteiger partial charge in [-0.25, -0.2) is 15.0 Å². The summed E-state index contributed by atoms with van der Waals surface area (Å²) in [6, 6.07) is 65.1. The zero-order valence-electron chi connectivity index (χ0n) is 31.5. The molecule has 0 amide bonds. The smallest absolute Gasteiger partial charge is 0.166 e. The molecule has 0 aliphatic carbocycles. The van der Waals surface area contributed by atoms with E-state index >= 15 is 0 Å². The van der Waals surface area contributed by atoms with Gasteiger partial charge in [-0.05, 0) is 95.1 Å². The molecule has 59 heavy (non-hydrogen) atoms. The Labute approximate surface area is 340 Å². The molecule has 0 N–H and O–H groups in total. The van der Waals surface area contributed by atoms with Crippen LogP contribution in [0.25, 0.3) is 95.2 Å². The average Bonchev–Trinajstić information content (AvgIpc) is 3.65. The van der Waals surface area contributed by atoms with Crippen molar-refractivity contribution in [2.45, 2.75) is 0 Å². The fraction of sp³-hybridized carbons (Fsp3) is 0. The zero-order chi connectivity index (χ0) is 39.7. The molecule has 274 valence electrons. The first kappa shape index (κ1) is 34.9. The highest BCUT2D eigenvalue weighted by atomic mass is 15.1. The molecule has 3 heterocycles. The first-order chi connectivity index (χ1) is 29.1. The van der Waals surface area contributed by atoms with E-state index in [-0.39, 0.29) is 0 Å². The maximum atomic E-state index is 9.71. The summed E-state index contributed by atoms with van der Waals surface area (Å²) in [7, 11) is 0. The summed E-state index contributed by atoms with van der Waals surface area (Å²) in [6.07, 6.45) is 1.80. The molecular formula is C52H31N7. The quantitative estimate of drug-likeness (QED) is 0.160. The Kier molecular flexibility index (Phi) is 8.80. The van der Waals surface area contributed by atoms with E-state index in [1.807, 2.05) is 127 Å². The highest BCUT2D eigenvalue weighted by molar-refractivity contribution is 6.12. The summed E-state index contributed by atoms with van der Waals surface area (Å²) in [5.74, 6) is 1.66. The Morgan fingerprint density at radius 3 is 1.41 bits per heavy atom. The van der Waals surface area contributed by atoms with Crippen LogP contribution in [0.5, 0.6) is 0 Å². The summed E-state index contributed by atoms with van der Waals surface area (Å²) < 4.78 is 2.28. The van der Waals surface area contributed by atoms with Gasteiger partial charge in [0.25, 0.3) is 0 Å². The van der Waals surface area contributed by atoms with Crippen molar-refractivity contribution < 1.29 is 0 Å². The third-order valence-corrected chi connectivity index (χ3v) is 10.6. The molecule has 0 aliphatic rings. The summed E-state index contributed by atoms with van der Waals surface area (Å²) in [4.78, 5) is 20.1. The van der Waals surface area contributed by atoms with Crippen LogP contribution in [0.15, 0.2) is 188 Å². The molecule has 0 saturated heterocycles. The van der Waals surface area contributed by atoms with E-state index in [1.165, 1.54) is 0 Å². The molecule has 0 fully saturated rings. The van der Waals surface area contributed by atoms with Crippen LogP contribution in [-0.2, 0) is 0 Å². The molecule has 0 saturated carbocycles. The van der Waals surface area contributed by atoms with Crippen LogP contribution in [0.1, 0.15) is 11.1 Å². The maximum Gasteiger partial charge on any atom is 0.166 e. The predicted octanol–water partition coefficient (Wildman–Crippen LogP) is 12.1. The van der Waals surface area contributed by atoms with Gasteiger partial charge in [0.05, 0.1) is 45.7 Å². The van der Waals surface area contributed by atoms with E-state index in [9.17, 15) is 10.5 Å². The number of nitriles is 2. The molecule has 0 atom stereocenters. The van der Waals surface area contributed by atoms with Crippen LogP contribution < -0.4 is 0 Å². The van der Waals surface area contributed by atoms with E-state index in [1.54, 1.807) is 6.20 Å². The number of nitrogens with zero attached hydrogens (tertiary/aromatic N) is 7. The number of aromatic nitrogens is 5. The van der Waals surface area contributed by atoms with Crippen LogP contribution >= 0.6 is 0 Å². The maximum absolute atomic E-state index is 9.71. The van der Waals surface area contributed by atoms with Gasteiger partial charge in [-0.1, -0.05) is 109 Å². The van der Waals surface area contributed by atoms with Crippen molar-refractivity contribution in [2.24, 2.45) is 0 Å². The minimum absolute atomic E-state index is 0.523. The van der Waals surface area contributed by atoms with E-state index in [4.69, 9.17) is 19.9 Å². The van der Waals surface area contributed by atoms with Crippen molar-refractivity contribution in [3.05, 3.63) is 199 Å². The Bertz CT molecular complexity index is 3110. The molecule has 3 aromatic heterocycles. The fourth-order valence-electron chi connectivity index (χ4n) is 7.71. The van der Waals surface area contributed by atoms with Gasteiger partial charge in [0, 0.05) is 39.2 Å². The normalized spacial score (nSPS) is 11.0. The second kappa shape index (κ2) is 14.9. The second-order valence-corrected chi connectivity index (χ2v) is 14.2. The van der Waals surface area contributed by atoms with Crippen LogP contribution in [0.3, 0.4) is 0 Å². The summed E-state index contributed by atoms with van der Waals surface area (Å²) in [5, 5.41) is 21.5. The number of benzene rings is 7. The highest BCUT2D eigenvalue weighted by Crippen LogP contribution is 2.41. The lowest BCUT2D eigenvalue weighted by atomic mass is 9.99. The van der Waals surface area contributed by atoms with Crippen LogP contribution in [0.4, 0.5) is 0 Å². The van der Waals surface area contributed by atoms with Gasteiger partial charge in [-0.3, -0.25) is 4.98 Å². The molecule has 7 nitrogen and oxygen atoms in total. The molecule has 7 heteroatoms. The van der Waals surface area contributed by atoms with Crippen molar-refractivity contribution in [3.63, 3.8) is 0 Å². The van der Waals surface area contributed by atoms with Crippen molar-refractivity contribution >= 4 is 21.8 Å². The molecule has 0 radical (unpaired) electrons. The van der Waals surface area contributed by atoms with Gasteiger partial charge < -0.3 is 4.57 Å². The lowest BCUT2D eigenvalue weighted by Gasteiger charge is -2.16. The SMILES string of the molecule is N#Cc1cccc(-c2ccc3c(c2)c2cc(-c4cccc(C#N)c4)ccc2n3-c2ccc(-c3ccccn3)cc2-c2nc(-c3ccccc3)nc(-c3ccccc3)n2)c1. The Balaban J connectivity index is 1.27. The number of hydrogen-bond acceptors (Lipinski definition) is 6. The molecule has 0 spiro atoms. The number of hydrogen-bond donors (Lipinski definition) is 0. The van der Waals surface area contributed by atoms with Gasteiger partial charge in [-0.2, -0.15) is 10.5 Å².